The van der Waals surface area contributed by atoms with E-state index in [1.165, 1.54) is 12.6 Å². The van der Waals surface area contributed by atoms with Gasteiger partial charge in [-0.05, 0) is 32.5 Å². The quantitative estimate of drug-likeness (QED) is 0.903. The number of likely N-dealkylation sites (tertiary alicyclic amines) is 1. The van der Waals surface area contributed by atoms with Crippen molar-refractivity contribution in [3.05, 3.63) is 36.0 Å². The van der Waals surface area contributed by atoms with Crippen LogP contribution >= 0.6 is 0 Å². The number of aromatic carboxylic acids is 1. The number of benzene rings is 1. The van der Waals surface area contributed by atoms with Crippen LogP contribution in [0, 0.1) is 0 Å². The molecule has 2 aromatic rings. The molecule has 3 rings (SSSR count). The summed E-state index contributed by atoms with van der Waals surface area (Å²) < 4.78 is 0. The van der Waals surface area contributed by atoms with E-state index in [0.717, 1.165) is 30.4 Å². The van der Waals surface area contributed by atoms with E-state index in [9.17, 15) is 9.90 Å². The maximum atomic E-state index is 11.4. The third-order valence-corrected chi connectivity index (χ3v) is 4.19. The van der Waals surface area contributed by atoms with Crippen LogP contribution in [-0.4, -0.2) is 47.1 Å². The van der Waals surface area contributed by atoms with Crippen molar-refractivity contribution in [3.63, 3.8) is 0 Å². The van der Waals surface area contributed by atoms with Crippen molar-refractivity contribution < 1.29 is 9.90 Å². The van der Waals surface area contributed by atoms with Crippen LogP contribution in [0.5, 0.6) is 0 Å². The summed E-state index contributed by atoms with van der Waals surface area (Å²) in [4.78, 5) is 18.0. The summed E-state index contributed by atoms with van der Waals surface area (Å²) in [5, 5.41) is 13.6. The van der Waals surface area contributed by atoms with Gasteiger partial charge in [0, 0.05) is 24.2 Å². The molecule has 0 amide bonds. The first-order chi connectivity index (χ1) is 10.2. The van der Waals surface area contributed by atoms with Gasteiger partial charge in [-0.25, -0.2) is 4.79 Å². The fourth-order valence-corrected chi connectivity index (χ4v) is 2.95. The summed E-state index contributed by atoms with van der Waals surface area (Å²) >= 11 is 0. The number of pyridine rings is 1. The lowest BCUT2D eigenvalue weighted by atomic mass is 10.1. The summed E-state index contributed by atoms with van der Waals surface area (Å²) in [6, 6.07) is 8.08. The highest BCUT2D eigenvalue weighted by Gasteiger charge is 2.22. The van der Waals surface area contributed by atoms with E-state index in [0.29, 0.717) is 11.7 Å². The van der Waals surface area contributed by atoms with Crippen LogP contribution in [-0.2, 0) is 0 Å². The minimum absolute atomic E-state index is 0.231. The van der Waals surface area contributed by atoms with Gasteiger partial charge in [-0.2, -0.15) is 0 Å². The van der Waals surface area contributed by atoms with E-state index in [1.807, 2.05) is 24.3 Å². The van der Waals surface area contributed by atoms with Gasteiger partial charge in [-0.3, -0.25) is 4.98 Å². The van der Waals surface area contributed by atoms with Gasteiger partial charge in [0.25, 0.3) is 0 Å². The molecular weight excluding hydrogens is 266 g/mol. The molecule has 1 saturated heterocycles. The number of nitrogens with one attached hydrogen (secondary N) is 1. The van der Waals surface area contributed by atoms with Crippen molar-refractivity contribution in [1.82, 2.24) is 9.88 Å². The Morgan fingerprint density at radius 3 is 3.00 bits per heavy atom. The third-order valence-electron chi connectivity index (χ3n) is 4.19. The fraction of sp³-hybridized carbons (Fsp3) is 0.375. The third kappa shape index (κ3) is 2.69. The molecule has 110 valence electrons. The van der Waals surface area contributed by atoms with Gasteiger partial charge in [0.15, 0.2) is 0 Å². The number of hydrogen-bond acceptors (Lipinski definition) is 4. The molecule has 5 heteroatoms. The largest absolute Gasteiger partial charge is 0.478 e. The van der Waals surface area contributed by atoms with Crippen LogP contribution in [0.4, 0.5) is 5.69 Å². The molecule has 0 spiro atoms. The van der Waals surface area contributed by atoms with E-state index in [2.05, 4.69) is 22.2 Å². The van der Waals surface area contributed by atoms with E-state index >= 15 is 0 Å². The predicted octanol–water partition coefficient (Wildman–Crippen LogP) is 2.44. The van der Waals surface area contributed by atoms with Crippen LogP contribution < -0.4 is 5.32 Å². The number of para-hydroxylation sites is 1. The maximum Gasteiger partial charge on any atom is 0.339 e. The molecule has 1 atom stereocenters. The van der Waals surface area contributed by atoms with Crippen LogP contribution in [0.3, 0.4) is 0 Å². The summed E-state index contributed by atoms with van der Waals surface area (Å²) in [5.74, 6) is -0.949. The van der Waals surface area contributed by atoms with Gasteiger partial charge < -0.3 is 15.3 Å². The second-order valence-electron chi connectivity index (χ2n) is 5.53. The van der Waals surface area contributed by atoms with E-state index in [1.54, 1.807) is 0 Å². The van der Waals surface area contributed by atoms with Crippen LogP contribution in [0.1, 0.15) is 23.2 Å². The zero-order chi connectivity index (χ0) is 14.8. The highest BCUT2D eigenvalue weighted by Crippen LogP contribution is 2.26. The molecule has 1 aliphatic rings. The number of carbonyl (C=O) groups is 1. The van der Waals surface area contributed by atoms with Gasteiger partial charge in [0.1, 0.15) is 5.56 Å². The number of carboxylic acids is 1. The van der Waals surface area contributed by atoms with Gasteiger partial charge in [-0.1, -0.05) is 18.2 Å². The molecule has 1 aliphatic heterocycles. The molecular formula is C16H19N3O2. The Labute approximate surface area is 123 Å². The van der Waals surface area contributed by atoms with E-state index in [-0.39, 0.29) is 5.56 Å². The highest BCUT2D eigenvalue weighted by molar-refractivity contribution is 6.04. The highest BCUT2D eigenvalue weighted by atomic mass is 16.4. The first kappa shape index (κ1) is 13.8. The molecule has 2 N–H and O–H groups in total. The topological polar surface area (TPSA) is 65.5 Å². The first-order valence-electron chi connectivity index (χ1n) is 7.22. The number of carboxylic acid groups (broad SMARTS) is 1. The predicted molar refractivity (Wildman–Crippen MR) is 82.8 cm³/mol. The molecule has 5 nitrogen and oxygen atoms in total. The van der Waals surface area contributed by atoms with E-state index in [4.69, 9.17) is 0 Å². The number of rotatable bonds is 4. The van der Waals surface area contributed by atoms with Gasteiger partial charge in [-0.15, -0.1) is 0 Å². The van der Waals surface area contributed by atoms with Gasteiger partial charge >= 0.3 is 5.97 Å². The Morgan fingerprint density at radius 2 is 2.29 bits per heavy atom. The summed E-state index contributed by atoms with van der Waals surface area (Å²) in [6.45, 7) is 1.86. The average Bonchev–Trinajstić information content (AvgIpc) is 2.89. The summed E-state index contributed by atoms with van der Waals surface area (Å²) in [6.07, 6.45) is 3.78. The van der Waals surface area contributed by atoms with Gasteiger partial charge in [0.2, 0.25) is 0 Å². The van der Waals surface area contributed by atoms with Crippen LogP contribution in [0.15, 0.2) is 30.5 Å². The Hall–Kier alpha value is -2.14. The average molecular weight is 285 g/mol. The molecule has 2 heterocycles. The van der Waals surface area contributed by atoms with Crippen molar-refractivity contribution in [3.8, 4) is 0 Å². The Morgan fingerprint density at radius 1 is 1.48 bits per heavy atom. The normalized spacial score (nSPS) is 19.0. The van der Waals surface area contributed by atoms with Crippen molar-refractivity contribution in [2.45, 2.75) is 18.9 Å². The molecule has 0 aliphatic carbocycles. The van der Waals surface area contributed by atoms with E-state index < -0.39 is 5.97 Å². The molecule has 1 unspecified atom stereocenters. The number of nitrogens with zero attached hydrogens (tertiary/aromatic N) is 2. The lowest BCUT2D eigenvalue weighted by Crippen LogP contribution is -2.32. The second-order valence-corrected chi connectivity index (χ2v) is 5.53. The molecule has 0 bridgehead atoms. The van der Waals surface area contributed by atoms with Crippen molar-refractivity contribution in [2.24, 2.45) is 0 Å². The maximum absolute atomic E-state index is 11.4. The standard InChI is InChI=1S/C16H19N3O2/c1-19-8-4-5-11(19)9-18-15-12-6-2-3-7-14(12)17-10-13(15)16(20)21/h2-3,6-7,10-11H,4-5,8-9H2,1H3,(H,17,18)(H,20,21). The number of hydrogen-bond donors (Lipinski definition) is 2. The lowest BCUT2D eigenvalue weighted by Gasteiger charge is -2.21. The minimum atomic E-state index is -0.949. The number of aromatic nitrogens is 1. The minimum Gasteiger partial charge on any atom is -0.478 e. The molecule has 0 saturated carbocycles. The lowest BCUT2D eigenvalue weighted by molar-refractivity contribution is 0.0697. The smallest absolute Gasteiger partial charge is 0.339 e. The SMILES string of the molecule is CN1CCCC1CNc1c(C(=O)O)cnc2ccccc12. The zero-order valence-electron chi connectivity index (χ0n) is 12.0. The first-order valence-corrected chi connectivity index (χ1v) is 7.22. The summed E-state index contributed by atoms with van der Waals surface area (Å²) in [7, 11) is 2.11. The monoisotopic (exact) mass is 285 g/mol. The second kappa shape index (κ2) is 5.69. The molecule has 1 fully saturated rings. The van der Waals surface area contributed by atoms with Crippen LogP contribution in [0.2, 0.25) is 0 Å². The summed E-state index contributed by atoms with van der Waals surface area (Å²) in [5.41, 5.74) is 1.72. The Bertz CT molecular complexity index is 672. The van der Waals surface area contributed by atoms with Crippen molar-refractivity contribution in [2.75, 3.05) is 25.5 Å². The van der Waals surface area contributed by atoms with Gasteiger partial charge in [0.05, 0.1) is 11.2 Å². The number of likely N-dealkylation sites (N-methyl/N-ethyl adjacent to an activating group) is 1. The Balaban J connectivity index is 1.94. The van der Waals surface area contributed by atoms with Crippen molar-refractivity contribution in [1.29, 1.82) is 0 Å². The Kier molecular flexibility index (Phi) is 3.75. The molecule has 1 aromatic carbocycles. The number of anilines is 1. The fourth-order valence-electron chi connectivity index (χ4n) is 2.95. The molecule has 1 aromatic heterocycles. The molecule has 0 radical (unpaired) electrons. The number of fused-ring (bicyclic) bond motifs is 1. The van der Waals surface area contributed by atoms with Crippen LogP contribution in [0.25, 0.3) is 10.9 Å². The zero-order valence-corrected chi connectivity index (χ0v) is 12.0. The molecule has 21 heavy (non-hydrogen) atoms. The van der Waals surface area contributed by atoms with Crippen molar-refractivity contribution >= 4 is 22.6 Å².